The van der Waals surface area contributed by atoms with Gasteiger partial charge in [-0.3, -0.25) is 14.4 Å². The van der Waals surface area contributed by atoms with Gasteiger partial charge in [0.1, 0.15) is 0 Å². The van der Waals surface area contributed by atoms with E-state index < -0.39 is 0 Å². The third-order valence-electron chi connectivity index (χ3n) is 4.58. The highest BCUT2D eigenvalue weighted by molar-refractivity contribution is 6.42. The number of hydrogen-bond donors (Lipinski definition) is 0. The van der Waals surface area contributed by atoms with Gasteiger partial charge < -0.3 is 4.90 Å². The number of piperazine rings is 1. The van der Waals surface area contributed by atoms with Crippen molar-refractivity contribution in [2.45, 2.75) is 26.4 Å². The quantitative estimate of drug-likeness (QED) is 0.799. The van der Waals surface area contributed by atoms with E-state index in [4.69, 9.17) is 23.2 Å². The lowest BCUT2D eigenvalue weighted by atomic mass is 10.2. The lowest BCUT2D eigenvalue weighted by molar-refractivity contribution is -0.133. The number of carbonyl (C=O) groups is 1. The number of hydrogen-bond acceptors (Lipinski definition) is 3. The van der Waals surface area contributed by atoms with Crippen LogP contribution >= 0.6 is 23.2 Å². The molecule has 1 aromatic carbocycles. The number of aryl methyl sites for hydroxylation is 2. The molecule has 0 aliphatic carbocycles. The summed E-state index contributed by atoms with van der Waals surface area (Å²) in [6.07, 6.45) is 2.26. The van der Waals surface area contributed by atoms with Gasteiger partial charge in [0.15, 0.2) is 0 Å². The van der Waals surface area contributed by atoms with Crippen molar-refractivity contribution < 1.29 is 4.79 Å². The van der Waals surface area contributed by atoms with E-state index in [9.17, 15) is 4.79 Å². The molecule has 1 aliphatic heterocycles. The van der Waals surface area contributed by atoms with E-state index in [1.54, 1.807) is 6.20 Å². The topological polar surface area (TPSA) is 41.4 Å². The molecule has 0 saturated carbocycles. The van der Waals surface area contributed by atoms with Crippen molar-refractivity contribution in [3.05, 3.63) is 51.8 Å². The van der Waals surface area contributed by atoms with Crippen molar-refractivity contribution in [1.82, 2.24) is 19.6 Å². The molecule has 1 aliphatic rings. The largest absolute Gasteiger partial charge is 0.340 e. The molecule has 25 heavy (non-hydrogen) atoms. The van der Waals surface area contributed by atoms with Gasteiger partial charge in [-0.1, -0.05) is 29.3 Å². The Morgan fingerprint density at radius 3 is 2.52 bits per heavy atom. The van der Waals surface area contributed by atoms with Gasteiger partial charge in [0, 0.05) is 57.6 Å². The molecule has 0 radical (unpaired) electrons. The predicted molar refractivity (Wildman–Crippen MR) is 99.9 cm³/mol. The van der Waals surface area contributed by atoms with E-state index in [0.29, 0.717) is 23.0 Å². The van der Waals surface area contributed by atoms with Crippen LogP contribution in [0.5, 0.6) is 0 Å². The van der Waals surface area contributed by atoms with Crippen LogP contribution in [0, 0.1) is 6.92 Å². The Bertz CT molecular complexity index is 738. The fourth-order valence-corrected chi connectivity index (χ4v) is 3.36. The van der Waals surface area contributed by atoms with Crippen LogP contribution in [0.1, 0.15) is 17.7 Å². The second kappa shape index (κ2) is 8.21. The van der Waals surface area contributed by atoms with Crippen LogP contribution < -0.4 is 0 Å². The molecule has 1 fully saturated rings. The highest BCUT2D eigenvalue weighted by Crippen LogP contribution is 2.23. The molecule has 1 saturated heterocycles. The predicted octanol–water partition coefficient (Wildman–Crippen LogP) is 3.23. The summed E-state index contributed by atoms with van der Waals surface area (Å²) in [5.41, 5.74) is 2.22. The monoisotopic (exact) mass is 380 g/mol. The molecule has 0 atom stereocenters. The first-order valence-electron chi connectivity index (χ1n) is 8.45. The molecular weight excluding hydrogens is 359 g/mol. The third kappa shape index (κ3) is 4.75. The number of halogens is 2. The summed E-state index contributed by atoms with van der Waals surface area (Å²) in [4.78, 5) is 16.7. The molecule has 1 amide bonds. The van der Waals surface area contributed by atoms with Crippen LogP contribution in [0.2, 0.25) is 10.0 Å². The van der Waals surface area contributed by atoms with Gasteiger partial charge in [-0.15, -0.1) is 0 Å². The molecule has 3 rings (SSSR count). The summed E-state index contributed by atoms with van der Waals surface area (Å²) in [7, 11) is 0. The fourth-order valence-electron chi connectivity index (χ4n) is 3.04. The second-order valence-corrected chi connectivity index (χ2v) is 7.17. The highest BCUT2D eigenvalue weighted by atomic mass is 35.5. The minimum Gasteiger partial charge on any atom is -0.340 e. The van der Waals surface area contributed by atoms with E-state index in [1.807, 2.05) is 40.8 Å². The highest BCUT2D eigenvalue weighted by Gasteiger charge is 2.21. The molecule has 2 heterocycles. The van der Waals surface area contributed by atoms with E-state index in [0.717, 1.165) is 44.0 Å². The van der Waals surface area contributed by atoms with Crippen molar-refractivity contribution in [2.75, 3.05) is 26.2 Å². The van der Waals surface area contributed by atoms with Crippen LogP contribution in [-0.4, -0.2) is 51.7 Å². The zero-order chi connectivity index (χ0) is 17.8. The molecule has 2 aromatic rings. The summed E-state index contributed by atoms with van der Waals surface area (Å²) in [6, 6.07) is 7.69. The first kappa shape index (κ1) is 18.2. The molecule has 7 heteroatoms. The summed E-state index contributed by atoms with van der Waals surface area (Å²) in [6.45, 7) is 6.72. The van der Waals surface area contributed by atoms with Gasteiger partial charge in [-0.2, -0.15) is 5.10 Å². The minimum absolute atomic E-state index is 0.198. The number of benzene rings is 1. The number of carbonyl (C=O) groups excluding carboxylic acids is 1. The average Bonchev–Trinajstić information content (AvgIpc) is 3.02. The lowest BCUT2D eigenvalue weighted by Gasteiger charge is -2.35. The molecule has 134 valence electrons. The maximum atomic E-state index is 12.4. The van der Waals surface area contributed by atoms with Crippen molar-refractivity contribution in [1.29, 1.82) is 0 Å². The van der Waals surface area contributed by atoms with Crippen molar-refractivity contribution in [2.24, 2.45) is 0 Å². The van der Waals surface area contributed by atoms with Crippen molar-refractivity contribution in [3.63, 3.8) is 0 Å². The first-order valence-corrected chi connectivity index (χ1v) is 9.21. The van der Waals surface area contributed by atoms with Crippen LogP contribution in [0.3, 0.4) is 0 Å². The SMILES string of the molecule is Cc1ccnn1CCC(=O)N1CCN(Cc2ccc(Cl)c(Cl)c2)CC1. The normalized spacial score (nSPS) is 15.6. The van der Waals surface area contributed by atoms with Crippen LogP contribution in [0.25, 0.3) is 0 Å². The van der Waals surface area contributed by atoms with Gasteiger partial charge >= 0.3 is 0 Å². The number of aromatic nitrogens is 2. The smallest absolute Gasteiger partial charge is 0.224 e. The van der Waals surface area contributed by atoms with Gasteiger partial charge in [0.05, 0.1) is 10.0 Å². The zero-order valence-corrected chi connectivity index (χ0v) is 15.8. The van der Waals surface area contributed by atoms with E-state index in [2.05, 4.69) is 10.00 Å². The zero-order valence-electron chi connectivity index (χ0n) is 14.3. The standard InChI is InChI=1S/C18H22Cl2N4O/c1-14-4-6-21-24(14)7-5-18(25)23-10-8-22(9-11-23)13-15-2-3-16(19)17(20)12-15/h2-4,6,12H,5,7-11,13H2,1H3. The molecule has 1 aromatic heterocycles. The van der Waals surface area contributed by atoms with E-state index >= 15 is 0 Å². The molecule has 0 N–H and O–H groups in total. The maximum absolute atomic E-state index is 12.4. The average molecular weight is 381 g/mol. The van der Waals surface area contributed by atoms with E-state index in [1.165, 1.54) is 0 Å². The number of amides is 1. The summed E-state index contributed by atoms with van der Waals surface area (Å²) in [5.74, 6) is 0.198. The van der Waals surface area contributed by atoms with Gasteiger partial charge in [-0.05, 0) is 30.7 Å². The Balaban J connectivity index is 1.45. The van der Waals surface area contributed by atoms with Crippen LogP contribution in [-0.2, 0) is 17.9 Å². The van der Waals surface area contributed by atoms with Gasteiger partial charge in [0.25, 0.3) is 0 Å². The Morgan fingerprint density at radius 2 is 1.88 bits per heavy atom. The van der Waals surface area contributed by atoms with E-state index in [-0.39, 0.29) is 5.91 Å². The molecule has 5 nitrogen and oxygen atoms in total. The van der Waals surface area contributed by atoms with Crippen molar-refractivity contribution in [3.8, 4) is 0 Å². The second-order valence-electron chi connectivity index (χ2n) is 6.35. The Hall–Kier alpha value is -1.56. The van der Waals surface area contributed by atoms with Crippen LogP contribution in [0.15, 0.2) is 30.5 Å². The summed E-state index contributed by atoms with van der Waals surface area (Å²) < 4.78 is 1.87. The van der Waals surface area contributed by atoms with Crippen molar-refractivity contribution >= 4 is 29.1 Å². The molecule has 0 spiro atoms. The summed E-state index contributed by atoms with van der Waals surface area (Å²) in [5, 5.41) is 5.38. The lowest BCUT2D eigenvalue weighted by Crippen LogP contribution is -2.48. The van der Waals surface area contributed by atoms with Gasteiger partial charge in [0.2, 0.25) is 5.91 Å². The molecule has 0 unspecified atom stereocenters. The molecular formula is C18H22Cl2N4O. The minimum atomic E-state index is 0.198. The number of nitrogens with zero attached hydrogens (tertiary/aromatic N) is 4. The Kier molecular flexibility index (Phi) is 5.99. The Morgan fingerprint density at radius 1 is 1.12 bits per heavy atom. The third-order valence-corrected chi connectivity index (χ3v) is 5.32. The fraction of sp³-hybridized carbons (Fsp3) is 0.444. The summed E-state index contributed by atoms with van der Waals surface area (Å²) >= 11 is 12.0. The van der Waals surface area contributed by atoms with Crippen LogP contribution in [0.4, 0.5) is 0 Å². The van der Waals surface area contributed by atoms with Gasteiger partial charge in [-0.25, -0.2) is 0 Å². The molecule has 0 bridgehead atoms. The first-order chi connectivity index (χ1) is 12.0. The maximum Gasteiger partial charge on any atom is 0.224 e. The Labute approximate surface area is 158 Å². The number of rotatable bonds is 5.